The lowest BCUT2D eigenvalue weighted by atomic mass is 10.0. The molecule has 1 aromatic carbocycles. The average molecular weight is 297 g/mol. The molecule has 0 radical (unpaired) electrons. The van der Waals surface area contributed by atoms with Crippen LogP contribution in [0, 0.1) is 17.5 Å². The van der Waals surface area contributed by atoms with Gasteiger partial charge in [-0.3, -0.25) is 4.68 Å². The first-order valence-corrected chi connectivity index (χ1v) is 6.86. The topological polar surface area (TPSA) is 43.8 Å². The van der Waals surface area contributed by atoms with Crippen LogP contribution in [-0.2, 0) is 6.42 Å². The normalized spacial score (nSPS) is 14.2. The minimum absolute atomic E-state index is 0.183. The van der Waals surface area contributed by atoms with Crippen LogP contribution in [0.3, 0.4) is 0 Å². The molecule has 2 rings (SSSR count). The van der Waals surface area contributed by atoms with Gasteiger partial charge in [0.05, 0.1) is 5.69 Å². The van der Waals surface area contributed by atoms with Gasteiger partial charge < -0.3 is 5.73 Å². The van der Waals surface area contributed by atoms with E-state index in [4.69, 9.17) is 5.73 Å². The summed E-state index contributed by atoms with van der Waals surface area (Å²) < 4.78 is 42.0. The molecule has 2 N–H and O–H groups in total. The third-order valence-electron chi connectivity index (χ3n) is 3.55. The van der Waals surface area contributed by atoms with E-state index < -0.39 is 23.5 Å². The number of halogens is 3. The molecule has 6 heteroatoms. The molecule has 0 bridgehead atoms. The zero-order valence-electron chi connectivity index (χ0n) is 12.0. The molecule has 0 saturated heterocycles. The summed E-state index contributed by atoms with van der Waals surface area (Å²) in [6, 6.07) is 2.37. The van der Waals surface area contributed by atoms with E-state index in [1.165, 1.54) is 0 Å². The number of aromatic nitrogens is 2. The van der Waals surface area contributed by atoms with Crippen LogP contribution in [0.15, 0.2) is 24.4 Å². The van der Waals surface area contributed by atoms with Crippen molar-refractivity contribution in [2.45, 2.75) is 38.8 Å². The molecule has 0 fully saturated rings. The highest BCUT2D eigenvalue weighted by molar-refractivity contribution is 5.25. The number of rotatable bonds is 5. The first-order valence-electron chi connectivity index (χ1n) is 6.86. The van der Waals surface area contributed by atoms with Crippen LogP contribution >= 0.6 is 0 Å². The Morgan fingerprint density at radius 2 is 1.86 bits per heavy atom. The molecule has 2 aromatic rings. The van der Waals surface area contributed by atoms with Crippen LogP contribution in [0.25, 0.3) is 0 Å². The molecule has 0 spiro atoms. The monoisotopic (exact) mass is 297 g/mol. The minimum Gasteiger partial charge on any atom is -0.323 e. The zero-order valence-corrected chi connectivity index (χ0v) is 12.0. The Hall–Kier alpha value is -1.82. The maximum atomic E-state index is 13.7. The van der Waals surface area contributed by atoms with Crippen molar-refractivity contribution in [2.24, 2.45) is 5.73 Å². The molecule has 3 nitrogen and oxygen atoms in total. The van der Waals surface area contributed by atoms with Crippen LogP contribution in [0.5, 0.6) is 0 Å². The lowest BCUT2D eigenvalue weighted by Crippen LogP contribution is -2.18. The molecule has 1 aromatic heterocycles. The van der Waals surface area contributed by atoms with Gasteiger partial charge in [-0.2, -0.15) is 5.10 Å². The van der Waals surface area contributed by atoms with Crippen LogP contribution < -0.4 is 5.73 Å². The van der Waals surface area contributed by atoms with Crippen molar-refractivity contribution in [2.75, 3.05) is 0 Å². The predicted molar refractivity (Wildman–Crippen MR) is 74.2 cm³/mol. The van der Waals surface area contributed by atoms with E-state index in [0.29, 0.717) is 17.8 Å². The molecule has 0 amide bonds. The fourth-order valence-corrected chi connectivity index (χ4v) is 2.15. The summed E-state index contributed by atoms with van der Waals surface area (Å²) >= 11 is 0. The van der Waals surface area contributed by atoms with Gasteiger partial charge in [0.15, 0.2) is 0 Å². The predicted octanol–water partition coefficient (Wildman–Crippen LogP) is 3.51. The summed E-state index contributed by atoms with van der Waals surface area (Å²) in [5.41, 5.74) is 6.18. The largest absolute Gasteiger partial charge is 0.323 e. The van der Waals surface area contributed by atoms with E-state index in [9.17, 15) is 13.2 Å². The summed E-state index contributed by atoms with van der Waals surface area (Å²) in [4.78, 5) is 0. The third-order valence-corrected chi connectivity index (χ3v) is 3.55. The van der Waals surface area contributed by atoms with Crippen molar-refractivity contribution in [1.29, 1.82) is 0 Å². The molecule has 2 atom stereocenters. The number of nitrogens with two attached hydrogens (primary N) is 1. The van der Waals surface area contributed by atoms with Gasteiger partial charge in [-0.1, -0.05) is 6.92 Å². The van der Waals surface area contributed by atoms with E-state index in [2.05, 4.69) is 5.10 Å². The van der Waals surface area contributed by atoms with Gasteiger partial charge in [-0.05, 0) is 19.4 Å². The number of benzene rings is 1. The number of nitrogens with zero attached hydrogens (tertiary/aromatic N) is 2. The molecule has 2 unspecified atom stereocenters. The van der Waals surface area contributed by atoms with Crippen LogP contribution in [0.2, 0.25) is 0 Å². The van der Waals surface area contributed by atoms with Gasteiger partial charge in [0, 0.05) is 42.4 Å². The standard InChI is InChI=1S/C15H18F3N3/c1-3-9(2)21-5-4-11(20-21)8-14(19)15-12(17)6-10(16)7-13(15)18/h4-7,9,14H,3,8,19H2,1-2H3. The highest BCUT2D eigenvalue weighted by Crippen LogP contribution is 2.23. The van der Waals surface area contributed by atoms with Crippen molar-refractivity contribution in [1.82, 2.24) is 9.78 Å². The maximum Gasteiger partial charge on any atom is 0.133 e. The van der Waals surface area contributed by atoms with Crippen molar-refractivity contribution < 1.29 is 13.2 Å². The van der Waals surface area contributed by atoms with Crippen molar-refractivity contribution >= 4 is 0 Å². The molecule has 0 aliphatic rings. The Balaban J connectivity index is 2.18. The Bertz CT molecular complexity index is 601. The smallest absolute Gasteiger partial charge is 0.133 e. The van der Waals surface area contributed by atoms with Gasteiger partial charge in [0.2, 0.25) is 0 Å². The number of hydrogen-bond acceptors (Lipinski definition) is 2. The van der Waals surface area contributed by atoms with Gasteiger partial charge in [-0.25, -0.2) is 13.2 Å². The SMILES string of the molecule is CCC(C)n1ccc(CC(N)c2c(F)cc(F)cc2F)n1. The second-order valence-electron chi connectivity index (χ2n) is 5.14. The second-order valence-corrected chi connectivity index (χ2v) is 5.14. The fraction of sp³-hybridized carbons (Fsp3) is 0.400. The van der Waals surface area contributed by atoms with Crippen molar-refractivity contribution in [3.8, 4) is 0 Å². The van der Waals surface area contributed by atoms with Gasteiger partial charge >= 0.3 is 0 Å². The molecule has 0 aliphatic carbocycles. The van der Waals surface area contributed by atoms with E-state index >= 15 is 0 Å². The van der Waals surface area contributed by atoms with E-state index in [0.717, 1.165) is 6.42 Å². The van der Waals surface area contributed by atoms with Crippen molar-refractivity contribution in [3.05, 3.63) is 53.1 Å². The van der Waals surface area contributed by atoms with Crippen LogP contribution in [0.1, 0.15) is 43.6 Å². The minimum atomic E-state index is -0.971. The van der Waals surface area contributed by atoms with Gasteiger partial charge in [0.1, 0.15) is 17.5 Å². The highest BCUT2D eigenvalue weighted by Gasteiger charge is 2.19. The van der Waals surface area contributed by atoms with E-state index in [1.54, 1.807) is 10.7 Å². The van der Waals surface area contributed by atoms with Gasteiger partial charge in [-0.15, -0.1) is 0 Å². The average Bonchev–Trinajstić information content (AvgIpc) is 2.85. The molecule has 0 aliphatic heterocycles. The zero-order chi connectivity index (χ0) is 15.6. The summed E-state index contributed by atoms with van der Waals surface area (Å²) in [5.74, 6) is -2.90. The lowest BCUT2D eigenvalue weighted by Gasteiger charge is -2.13. The fourth-order valence-electron chi connectivity index (χ4n) is 2.15. The summed E-state index contributed by atoms with van der Waals surface area (Å²) in [6.07, 6.45) is 2.92. The summed E-state index contributed by atoms with van der Waals surface area (Å²) in [7, 11) is 0. The van der Waals surface area contributed by atoms with E-state index in [-0.39, 0.29) is 18.0 Å². The third kappa shape index (κ3) is 3.44. The second kappa shape index (κ2) is 6.30. The van der Waals surface area contributed by atoms with Crippen LogP contribution in [-0.4, -0.2) is 9.78 Å². The van der Waals surface area contributed by atoms with Gasteiger partial charge in [0.25, 0.3) is 0 Å². The number of hydrogen-bond donors (Lipinski definition) is 1. The highest BCUT2D eigenvalue weighted by atomic mass is 19.1. The Morgan fingerprint density at radius 3 is 2.43 bits per heavy atom. The van der Waals surface area contributed by atoms with Crippen molar-refractivity contribution in [3.63, 3.8) is 0 Å². The molecule has 114 valence electrons. The molecule has 0 saturated carbocycles. The van der Waals surface area contributed by atoms with Crippen LogP contribution in [0.4, 0.5) is 13.2 Å². The van der Waals surface area contributed by atoms with E-state index in [1.807, 2.05) is 20.0 Å². The Morgan fingerprint density at radius 1 is 1.24 bits per heavy atom. The first-order chi connectivity index (χ1) is 9.92. The summed E-state index contributed by atoms with van der Waals surface area (Å²) in [6.45, 7) is 4.07. The molecule has 21 heavy (non-hydrogen) atoms. The molecular weight excluding hydrogens is 279 g/mol. The maximum absolute atomic E-state index is 13.7. The molecule has 1 heterocycles. The lowest BCUT2D eigenvalue weighted by molar-refractivity contribution is 0.468. The Labute approximate surface area is 121 Å². The molecular formula is C15H18F3N3. The first kappa shape index (κ1) is 15.6. The summed E-state index contributed by atoms with van der Waals surface area (Å²) in [5, 5.41) is 4.34. The quantitative estimate of drug-likeness (QED) is 0.917. The Kier molecular flexibility index (Phi) is 4.67.